The van der Waals surface area contributed by atoms with Crippen molar-refractivity contribution in [2.45, 2.75) is 25.7 Å². The van der Waals surface area contributed by atoms with Gasteiger partial charge in [0.1, 0.15) is 5.82 Å². The summed E-state index contributed by atoms with van der Waals surface area (Å²) < 4.78 is 0. The smallest absolute Gasteiger partial charge is 0.255 e. The van der Waals surface area contributed by atoms with Crippen molar-refractivity contribution in [2.24, 2.45) is 0 Å². The van der Waals surface area contributed by atoms with Crippen LogP contribution >= 0.6 is 23.2 Å². The molecule has 1 aromatic heterocycles. The minimum absolute atomic E-state index is 0.105. The molecule has 1 saturated heterocycles. The maximum absolute atomic E-state index is 12.6. The highest BCUT2D eigenvalue weighted by Crippen LogP contribution is 2.26. The van der Waals surface area contributed by atoms with Crippen LogP contribution in [0.4, 0.5) is 5.82 Å². The van der Waals surface area contributed by atoms with Crippen molar-refractivity contribution in [3.8, 4) is 0 Å². The van der Waals surface area contributed by atoms with E-state index in [1.165, 1.54) is 6.42 Å². The third-order valence-corrected chi connectivity index (χ3v) is 5.26. The summed E-state index contributed by atoms with van der Waals surface area (Å²) in [4.78, 5) is 19.3. The van der Waals surface area contributed by atoms with E-state index in [1.54, 1.807) is 18.3 Å². The second-order valence-corrected chi connectivity index (χ2v) is 6.93. The van der Waals surface area contributed by atoms with Crippen molar-refractivity contribution < 1.29 is 4.79 Å². The van der Waals surface area contributed by atoms with E-state index >= 15 is 0 Å². The Balaban J connectivity index is 1.64. The van der Waals surface area contributed by atoms with Crippen LogP contribution in [-0.4, -0.2) is 30.5 Å². The summed E-state index contributed by atoms with van der Waals surface area (Å²) >= 11 is 12.2. The summed E-state index contributed by atoms with van der Waals surface area (Å²) in [5.74, 6) is 0.673. The van der Waals surface area contributed by atoms with Gasteiger partial charge in [0.15, 0.2) is 0 Å². The van der Waals surface area contributed by atoms with Gasteiger partial charge in [-0.3, -0.25) is 4.79 Å². The number of piperidine rings is 1. The predicted octanol–water partition coefficient (Wildman–Crippen LogP) is 4.35. The molecule has 0 bridgehead atoms. The fourth-order valence-electron chi connectivity index (χ4n) is 3.08. The zero-order valence-electron chi connectivity index (χ0n) is 14.0. The SMILES string of the molecule is O=C(NCCc1cccc(Cl)c1Cl)c1cccnc1N1CCCCC1. The number of nitrogens with zero attached hydrogens (tertiary/aromatic N) is 2. The number of halogens is 2. The van der Waals surface area contributed by atoms with E-state index in [9.17, 15) is 4.79 Å². The van der Waals surface area contributed by atoms with Gasteiger partial charge in [-0.2, -0.15) is 0 Å². The predicted molar refractivity (Wildman–Crippen MR) is 103 cm³/mol. The van der Waals surface area contributed by atoms with Gasteiger partial charge >= 0.3 is 0 Å². The van der Waals surface area contributed by atoms with Crippen LogP contribution in [0.1, 0.15) is 35.2 Å². The van der Waals surface area contributed by atoms with Crippen LogP contribution in [-0.2, 0) is 6.42 Å². The lowest BCUT2D eigenvalue weighted by atomic mass is 10.1. The van der Waals surface area contributed by atoms with Gasteiger partial charge in [-0.15, -0.1) is 0 Å². The molecule has 1 aliphatic rings. The number of pyridine rings is 1. The van der Waals surface area contributed by atoms with Gasteiger partial charge in [-0.1, -0.05) is 35.3 Å². The molecule has 0 atom stereocenters. The Labute approximate surface area is 158 Å². The summed E-state index contributed by atoms with van der Waals surface area (Å²) in [7, 11) is 0. The Morgan fingerprint density at radius 1 is 1.12 bits per heavy atom. The third kappa shape index (κ3) is 4.44. The number of anilines is 1. The largest absolute Gasteiger partial charge is 0.356 e. The van der Waals surface area contributed by atoms with E-state index < -0.39 is 0 Å². The van der Waals surface area contributed by atoms with E-state index in [4.69, 9.17) is 23.2 Å². The first-order chi connectivity index (χ1) is 12.2. The molecule has 1 amide bonds. The Bertz CT molecular complexity index is 745. The highest BCUT2D eigenvalue weighted by atomic mass is 35.5. The Hall–Kier alpha value is -1.78. The molecule has 1 fully saturated rings. The topological polar surface area (TPSA) is 45.2 Å². The third-order valence-electron chi connectivity index (χ3n) is 4.40. The fraction of sp³-hybridized carbons (Fsp3) is 0.368. The standard InChI is InChI=1S/C19H21Cl2N3O/c20-16-8-4-6-14(17(16)21)9-11-23-19(25)15-7-5-10-22-18(15)24-12-2-1-3-13-24/h4-8,10H,1-3,9,11-13H2,(H,23,25). The van der Waals surface area contributed by atoms with E-state index in [2.05, 4.69) is 15.2 Å². The van der Waals surface area contributed by atoms with E-state index in [0.717, 1.165) is 37.3 Å². The van der Waals surface area contributed by atoms with Crippen molar-refractivity contribution in [3.05, 3.63) is 57.7 Å². The lowest BCUT2D eigenvalue weighted by Crippen LogP contribution is -2.34. The van der Waals surface area contributed by atoms with Crippen molar-refractivity contribution in [3.63, 3.8) is 0 Å². The van der Waals surface area contributed by atoms with E-state index in [0.29, 0.717) is 28.6 Å². The number of amides is 1. The molecule has 0 spiro atoms. The van der Waals surface area contributed by atoms with Gasteiger partial charge in [0.05, 0.1) is 15.6 Å². The molecule has 6 heteroatoms. The molecule has 0 radical (unpaired) electrons. The molecule has 1 N–H and O–H groups in total. The summed E-state index contributed by atoms with van der Waals surface area (Å²) in [6.45, 7) is 2.40. The van der Waals surface area contributed by atoms with Crippen LogP contribution in [0.5, 0.6) is 0 Å². The molecule has 132 valence electrons. The van der Waals surface area contributed by atoms with Crippen molar-refractivity contribution in [2.75, 3.05) is 24.5 Å². The first kappa shape index (κ1) is 18.0. The zero-order valence-corrected chi connectivity index (χ0v) is 15.5. The first-order valence-corrected chi connectivity index (χ1v) is 9.33. The second-order valence-electron chi connectivity index (χ2n) is 6.14. The zero-order chi connectivity index (χ0) is 17.6. The van der Waals surface area contributed by atoms with Gasteiger partial charge in [0.25, 0.3) is 5.91 Å². The average Bonchev–Trinajstić information content (AvgIpc) is 2.66. The molecule has 3 rings (SSSR count). The van der Waals surface area contributed by atoms with Crippen LogP contribution in [0.3, 0.4) is 0 Å². The Morgan fingerprint density at radius 3 is 2.72 bits per heavy atom. The quantitative estimate of drug-likeness (QED) is 0.841. The number of carbonyl (C=O) groups is 1. The number of benzene rings is 1. The van der Waals surface area contributed by atoms with Gasteiger partial charge < -0.3 is 10.2 Å². The molecule has 1 aliphatic heterocycles. The number of hydrogen-bond acceptors (Lipinski definition) is 3. The van der Waals surface area contributed by atoms with Gasteiger partial charge in [0, 0.05) is 25.8 Å². The summed E-state index contributed by atoms with van der Waals surface area (Å²) in [6, 6.07) is 9.17. The molecule has 2 aromatic rings. The maximum atomic E-state index is 12.6. The lowest BCUT2D eigenvalue weighted by molar-refractivity contribution is 0.0954. The number of hydrogen-bond donors (Lipinski definition) is 1. The first-order valence-electron chi connectivity index (χ1n) is 8.58. The van der Waals surface area contributed by atoms with Crippen LogP contribution in [0.15, 0.2) is 36.5 Å². The molecular formula is C19H21Cl2N3O. The van der Waals surface area contributed by atoms with Crippen LogP contribution < -0.4 is 10.2 Å². The van der Waals surface area contributed by atoms with Crippen molar-refractivity contribution in [1.29, 1.82) is 0 Å². The maximum Gasteiger partial charge on any atom is 0.255 e. The Kier molecular flexibility index (Phi) is 6.16. The minimum Gasteiger partial charge on any atom is -0.356 e. The molecule has 0 saturated carbocycles. The normalized spacial score (nSPS) is 14.4. The number of rotatable bonds is 5. The monoisotopic (exact) mass is 377 g/mol. The van der Waals surface area contributed by atoms with Crippen LogP contribution in [0, 0.1) is 0 Å². The summed E-state index contributed by atoms with van der Waals surface area (Å²) in [6.07, 6.45) is 5.90. The molecule has 0 unspecified atom stereocenters. The van der Waals surface area contributed by atoms with Crippen LogP contribution in [0.2, 0.25) is 10.0 Å². The summed E-state index contributed by atoms with van der Waals surface area (Å²) in [5.41, 5.74) is 1.55. The van der Waals surface area contributed by atoms with Gasteiger partial charge in [0.2, 0.25) is 0 Å². The number of aromatic nitrogens is 1. The molecule has 4 nitrogen and oxygen atoms in total. The summed E-state index contributed by atoms with van der Waals surface area (Å²) in [5, 5.41) is 4.05. The lowest BCUT2D eigenvalue weighted by Gasteiger charge is -2.29. The average molecular weight is 378 g/mol. The fourth-order valence-corrected chi connectivity index (χ4v) is 3.49. The van der Waals surface area contributed by atoms with E-state index in [-0.39, 0.29) is 5.91 Å². The molecule has 25 heavy (non-hydrogen) atoms. The second kappa shape index (κ2) is 8.54. The molecule has 1 aromatic carbocycles. The van der Waals surface area contributed by atoms with Crippen molar-refractivity contribution >= 4 is 34.9 Å². The van der Waals surface area contributed by atoms with Gasteiger partial charge in [-0.25, -0.2) is 4.98 Å². The van der Waals surface area contributed by atoms with Crippen LogP contribution in [0.25, 0.3) is 0 Å². The van der Waals surface area contributed by atoms with Crippen molar-refractivity contribution in [1.82, 2.24) is 10.3 Å². The van der Waals surface area contributed by atoms with E-state index in [1.807, 2.05) is 18.2 Å². The highest BCUT2D eigenvalue weighted by molar-refractivity contribution is 6.42. The number of carbonyl (C=O) groups excluding carboxylic acids is 1. The molecule has 0 aliphatic carbocycles. The molecular weight excluding hydrogens is 357 g/mol. The molecule has 2 heterocycles. The highest BCUT2D eigenvalue weighted by Gasteiger charge is 2.19. The van der Waals surface area contributed by atoms with Gasteiger partial charge in [-0.05, 0) is 49.4 Å². The minimum atomic E-state index is -0.105. The Morgan fingerprint density at radius 2 is 1.92 bits per heavy atom. The number of nitrogens with one attached hydrogen (secondary N) is 1.